The van der Waals surface area contributed by atoms with Gasteiger partial charge in [0.05, 0.1) is 11.4 Å². The Bertz CT molecular complexity index is 962. The van der Waals surface area contributed by atoms with Gasteiger partial charge in [-0.2, -0.15) is 4.72 Å². The predicted octanol–water partition coefficient (Wildman–Crippen LogP) is 2.05. The first-order valence-corrected chi connectivity index (χ1v) is 8.86. The van der Waals surface area contributed by atoms with Crippen LogP contribution >= 0.6 is 0 Å². The van der Waals surface area contributed by atoms with Crippen molar-refractivity contribution in [3.63, 3.8) is 0 Å². The number of hydrogen-bond acceptors (Lipinski definition) is 5. The number of sulfonamides is 1. The number of halogens is 2. The standard InChI is InChI=1S/C17H13F2NO5S/c18-12-7-13(19)9-15(8-12)26(21,22)20-5-1-2-6-23-14-3-4-16-17(10-14)25-11-24-16/h3-4,7-10,20H,5-6,11H2. The van der Waals surface area contributed by atoms with Gasteiger partial charge >= 0.3 is 0 Å². The first-order chi connectivity index (χ1) is 12.4. The molecule has 1 heterocycles. The topological polar surface area (TPSA) is 73.9 Å². The molecule has 136 valence electrons. The lowest BCUT2D eigenvalue weighted by Crippen LogP contribution is -2.24. The van der Waals surface area contributed by atoms with Crippen LogP contribution in [0.3, 0.4) is 0 Å². The molecule has 2 aromatic rings. The zero-order valence-corrected chi connectivity index (χ0v) is 14.1. The van der Waals surface area contributed by atoms with Gasteiger partial charge in [0.1, 0.15) is 24.0 Å². The lowest BCUT2D eigenvalue weighted by molar-refractivity contribution is 0.174. The van der Waals surface area contributed by atoms with Crippen LogP contribution < -0.4 is 18.9 Å². The van der Waals surface area contributed by atoms with Crippen molar-refractivity contribution >= 4 is 10.0 Å². The monoisotopic (exact) mass is 381 g/mol. The Morgan fingerprint density at radius 1 is 1.04 bits per heavy atom. The van der Waals surface area contributed by atoms with Crippen molar-refractivity contribution in [2.75, 3.05) is 19.9 Å². The van der Waals surface area contributed by atoms with Gasteiger partial charge in [0, 0.05) is 12.1 Å². The molecule has 0 saturated carbocycles. The summed E-state index contributed by atoms with van der Waals surface area (Å²) in [5.41, 5.74) is 0. The molecule has 0 aliphatic carbocycles. The van der Waals surface area contributed by atoms with Crippen LogP contribution in [-0.2, 0) is 10.0 Å². The van der Waals surface area contributed by atoms with Crippen molar-refractivity contribution in [1.82, 2.24) is 4.72 Å². The van der Waals surface area contributed by atoms with E-state index in [4.69, 9.17) is 14.2 Å². The molecule has 1 aliphatic heterocycles. The van der Waals surface area contributed by atoms with E-state index in [0.717, 1.165) is 12.1 Å². The molecule has 0 saturated heterocycles. The highest BCUT2D eigenvalue weighted by Gasteiger charge is 2.15. The molecule has 0 radical (unpaired) electrons. The molecular formula is C17H13F2NO5S. The van der Waals surface area contributed by atoms with Crippen LogP contribution in [0.4, 0.5) is 8.78 Å². The SMILES string of the molecule is O=S(=O)(NCC#CCOc1ccc2c(c1)OCO2)c1cc(F)cc(F)c1. The lowest BCUT2D eigenvalue weighted by atomic mass is 10.3. The van der Waals surface area contributed by atoms with E-state index in [1.807, 2.05) is 0 Å². The predicted molar refractivity (Wildman–Crippen MR) is 87.4 cm³/mol. The van der Waals surface area contributed by atoms with Gasteiger partial charge in [-0.25, -0.2) is 17.2 Å². The van der Waals surface area contributed by atoms with Gasteiger partial charge in [0.15, 0.2) is 11.5 Å². The Labute approximate surface area is 148 Å². The molecule has 1 aliphatic rings. The number of hydrogen-bond donors (Lipinski definition) is 1. The van der Waals surface area contributed by atoms with E-state index in [9.17, 15) is 17.2 Å². The third-order valence-corrected chi connectivity index (χ3v) is 4.66. The summed E-state index contributed by atoms with van der Waals surface area (Å²) in [4.78, 5) is -0.506. The fourth-order valence-electron chi connectivity index (χ4n) is 2.10. The molecule has 0 aromatic heterocycles. The van der Waals surface area contributed by atoms with Crippen LogP contribution in [0.5, 0.6) is 17.2 Å². The molecule has 1 N–H and O–H groups in total. The Kier molecular flexibility index (Phi) is 5.25. The lowest BCUT2D eigenvalue weighted by Gasteiger charge is -2.04. The second-order valence-electron chi connectivity index (χ2n) is 5.09. The van der Waals surface area contributed by atoms with E-state index in [-0.39, 0.29) is 19.9 Å². The Hall–Kier alpha value is -2.83. The highest BCUT2D eigenvalue weighted by atomic mass is 32.2. The smallest absolute Gasteiger partial charge is 0.241 e. The van der Waals surface area contributed by atoms with Gasteiger partial charge in [-0.15, -0.1) is 0 Å². The summed E-state index contributed by atoms with van der Waals surface area (Å²) in [5, 5.41) is 0. The van der Waals surface area contributed by atoms with Crippen molar-refractivity contribution in [3.8, 4) is 29.1 Å². The van der Waals surface area contributed by atoms with E-state index in [2.05, 4.69) is 16.6 Å². The van der Waals surface area contributed by atoms with E-state index in [0.29, 0.717) is 23.3 Å². The number of fused-ring (bicyclic) bond motifs is 1. The summed E-state index contributed by atoms with van der Waals surface area (Å²) in [7, 11) is -4.06. The molecule has 0 amide bonds. The summed E-state index contributed by atoms with van der Waals surface area (Å²) in [5.74, 6) is 4.96. The van der Waals surface area contributed by atoms with Crippen LogP contribution in [0.25, 0.3) is 0 Å². The average molecular weight is 381 g/mol. The largest absolute Gasteiger partial charge is 0.481 e. The summed E-state index contributed by atoms with van der Waals surface area (Å²) >= 11 is 0. The van der Waals surface area contributed by atoms with Crippen LogP contribution in [0.15, 0.2) is 41.3 Å². The first-order valence-electron chi connectivity index (χ1n) is 7.38. The molecule has 0 bridgehead atoms. The number of ether oxygens (including phenoxy) is 3. The molecule has 26 heavy (non-hydrogen) atoms. The highest BCUT2D eigenvalue weighted by molar-refractivity contribution is 7.89. The van der Waals surface area contributed by atoms with Crippen molar-refractivity contribution in [1.29, 1.82) is 0 Å². The Balaban J connectivity index is 1.50. The van der Waals surface area contributed by atoms with Crippen molar-refractivity contribution in [2.45, 2.75) is 4.90 Å². The maximum absolute atomic E-state index is 13.1. The van der Waals surface area contributed by atoms with Gasteiger partial charge in [-0.1, -0.05) is 11.8 Å². The molecular weight excluding hydrogens is 368 g/mol. The minimum absolute atomic E-state index is 0.0238. The minimum atomic E-state index is -4.06. The van der Waals surface area contributed by atoms with Crippen LogP contribution in [-0.4, -0.2) is 28.4 Å². The normalized spacial score (nSPS) is 12.4. The number of rotatable bonds is 5. The van der Waals surface area contributed by atoms with Crippen LogP contribution in [0.1, 0.15) is 0 Å². The Morgan fingerprint density at radius 2 is 1.77 bits per heavy atom. The molecule has 9 heteroatoms. The number of nitrogens with one attached hydrogen (secondary N) is 1. The van der Waals surface area contributed by atoms with E-state index >= 15 is 0 Å². The van der Waals surface area contributed by atoms with E-state index in [1.165, 1.54) is 0 Å². The molecule has 6 nitrogen and oxygen atoms in total. The van der Waals surface area contributed by atoms with Gasteiger partial charge in [-0.05, 0) is 24.3 Å². The molecule has 0 fully saturated rings. The second kappa shape index (κ2) is 7.59. The molecule has 0 unspecified atom stereocenters. The van der Waals surface area contributed by atoms with Gasteiger partial charge in [-0.3, -0.25) is 0 Å². The maximum atomic E-state index is 13.1. The van der Waals surface area contributed by atoms with Crippen molar-refractivity contribution in [3.05, 3.63) is 48.0 Å². The van der Waals surface area contributed by atoms with Crippen molar-refractivity contribution < 1.29 is 31.4 Å². The average Bonchev–Trinajstić information content (AvgIpc) is 3.05. The fraction of sp³-hybridized carbons (Fsp3) is 0.176. The van der Waals surface area contributed by atoms with Gasteiger partial charge in [0.25, 0.3) is 0 Å². The third-order valence-electron chi connectivity index (χ3n) is 3.28. The summed E-state index contributed by atoms with van der Waals surface area (Å²) < 4.78 is 68.0. The zero-order valence-electron chi connectivity index (χ0n) is 13.3. The fourth-order valence-corrected chi connectivity index (χ4v) is 3.06. The highest BCUT2D eigenvalue weighted by Crippen LogP contribution is 2.34. The van der Waals surface area contributed by atoms with E-state index in [1.54, 1.807) is 18.2 Å². The Morgan fingerprint density at radius 3 is 2.54 bits per heavy atom. The summed E-state index contributed by atoms with van der Waals surface area (Å²) in [6.45, 7) is -0.0467. The zero-order chi connectivity index (χ0) is 18.6. The maximum Gasteiger partial charge on any atom is 0.241 e. The molecule has 0 atom stereocenters. The molecule has 3 rings (SSSR count). The van der Waals surface area contributed by atoms with Crippen LogP contribution in [0, 0.1) is 23.5 Å². The van der Waals surface area contributed by atoms with Crippen LogP contribution in [0.2, 0.25) is 0 Å². The van der Waals surface area contributed by atoms with Gasteiger partial charge < -0.3 is 14.2 Å². The second-order valence-corrected chi connectivity index (χ2v) is 6.85. The quantitative estimate of drug-likeness (QED) is 0.803. The first kappa shape index (κ1) is 18.0. The summed E-state index contributed by atoms with van der Waals surface area (Å²) in [6.07, 6.45) is 0. The molecule has 2 aromatic carbocycles. The minimum Gasteiger partial charge on any atom is -0.481 e. The number of benzene rings is 2. The third kappa shape index (κ3) is 4.41. The van der Waals surface area contributed by atoms with Crippen molar-refractivity contribution in [2.24, 2.45) is 0 Å². The van der Waals surface area contributed by atoms with E-state index < -0.39 is 26.6 Å². The summed E-state index contributed by atoms with van der Waals surface area (Å²) in [6, 6.07) is 7.09. The van der Waals surface area contributed by atoms with Gasteiger partial charge in [0.2, 0.25) is 16.8 Å². The molecule has 0 spiro atoms.